The molecule has 3 nitrogen and oxygen atoms in total. The molecule has 0 aromatic heterocycles. The molecule has 0 radical (unpaired) electrons. The lowest BCUT2D eigenvalue weighted by Crippen LogP contribution is -2.18. The van der Waals surface area contributed by atoms with Gasteiger partial charge in [-0.25, -0.2) is 4.79 Å². The second kappa shape index (κ2) is 5.91. The highest BCUT2D eigenvalue weighted by molar-refractivity contribution is 5.88. The summed E-state index contributed by atoms with van der Waals surface area (Å²) in [6.45, 7) is 6.37. The summed E-state index contributed by atoms with van der Waals surface area (Å²) < 4.78 is 5.01. The van der Waals surface area contributed by atoms with Crippen LogP contribution in [-0.4, -0.2) is 37.6 Å². The van der Waals surface area contributed by atoms with Gasteiger partial charge in [-0.3, -0.25) is 0 Å². The van der Waals surface area contributed by atoms with Gasteiger partial charge in [0.05, 0.1) is 6.61 Å². The minimum atomic E-state index is -0.142. The maximum atomic E-state index is 11.5. The van der Waals surface area contributed by atoms with E-state index in [2.05, 4.69) is 11.9 Å². The van der Waals surface area contributed by atoms with Crippen molar-refractivity contribution in [1.82, 2.24) is 4.90 Å². The molecule has 86 valence electrons. The Morgan fingerprint density at radius 1 is 1.40 bits per heavy atom. The van der Waals surface area contributed by atoms with Crippen molar-refractivity contribution in [3.05, 3.63) is 11.1 Å². The maximum Gasteiger partial charge on any atom is 0.333 e. The van der Waals surface area contributed by atoms with E-state index in [0.29, 0.717) is 6.61 Å². The Hall–Kier alpha value is -0.830. The van der Waals surface area contributed by atoms with Crippen LogP contribution in [-0.2, 0) is 9.53 Å². The van der Waals surface area contributed by atoms with E-state index >= 15 is 0 Å². The van der Waals surface area contributed by atoms with Crippen LogP contribution in [0.5, 0.6) is 0 Å². The Labute approximate surface area is 92.1 Å². The third kappa shape index (κ3) is 3.67. The highest BCUT2D eigenvalue weighted by Crippen LogP contribution is 2.20. The molecule has 1 aliphatic rings. The van der Waals surface area contributed by atoms with Gasteiger partial charge in [0.25, 0.3) is 0 Å². The Morgan fingerprint density at radius 2 is 2.13 bits per heavy atom. The molecule has 0 saturated carbocycles. The first-order valence-corrected chi connectivity index (χ1v) is 5.69. The third-order valence-electron chi connectivity index (χ3n) is 2.93. The van der Waals surface area contributed by atoms with Crippen molar-refractivity contribution in [3.63, 3.8) is 0 Å². The predicted molar refractivity (Wildman–Crippen MR) is 60.7 cm³/mol. The van der Waals surface area contributed by atoms with Crippen molar-refractivity contribution in [2.45, 2.75) is 33.1 Å². The van der Waals surface area contributed by atoms with E-state index in [9.17, 15) is 4.79 Å². The first kappa shape index (κ1) is 12.2. The largest absolute Gasteiger partial charge is 0.463 e. The van der Waals surface area contributed by atoms with Gasteiger partial charge in [-0.1, -0.05) is 5.57 Å². The molecule has 1 fully saturated rings. The van der Waals surface area contributed by atoms with Crippen molar-refractivity contribution >= 4 is 5.97 Å². The van der Waals surface area contributed by atoms with Gasteiger partial charge in [0.2, 0.25) is 0 Å². The van der Waals surface area contributed by atoms with Crippen LogP contribution in [0.2, 0.25) is 0 Å². The lowest BCUT2D eigenvalue weighted by atomic mass is 10.0. The van der Waals surface area contributed by atoms with Gasteiger partial charge in [-0.05, 0) is 46.7 Å². The lowest BCUT2D eigenvalue weighted by Gasteiger charge is -2.11. The fourth-order valence-corrected chi connectivity index (χ4v) is 1.88. The molecule has 1 heterocycles. The monoisotopic (exact) mass is 211 g/mol. The van der Waals surface area contributed by atoms with Crippen LogP contribution < -0.4 is 0 Å². The van der Waals surface area contributed by atoms with E-state index in [1.807, 2.05) is 13.8 Å². The molecule has 1 saturated heterocycles. The smallest absolute Gasteiger partial charge is 0.333 e. The normalized spacial score (nSPS) is 22.1. The van der Waals surface area contributed by atoms with E-state index in [4.69, 9.17) is 4.74 Å². The van der Waals surface area contributed by atoms with Gasteiger partial charge in [0.1, 0.15) is 0 Å². The number of esters is 1. The van der Waals surface area contributed by atoms with E-state index in [1.54, 1.807) is 0 Å². The van der Waals surface area contributed by atoms with Gasteiger partial charge in [0.15, 0.2) is 0 Å². The molecule has 0 aromatic rings. The molecule has 0 N–H and O–H groups in total. The fraction of sp³-hybridized carbons (Fsp3) is 0.750. The Morgan fingerprint density at radius 3 is 2.80 bits per heavy atom. The minimum absolute atomic E-state index is 0.142. The zero-order valence-electron chi connectivity index (χ0n) is 10.0. The van der Waals surface area contributed by atoms with Gasteiger partial charge < -0.3 is 9.64 Å². The number of ether oxygens (including phenoxy) is 1. The molecule has 1 aliphatic heterocycles. The first-order valence-electron chi connectivity index (χ1n) is 5.69. The summed E-state index contributed by atoms with van der Waals surface area (Å²) in [7, 11) is 2.13. The molecule has 1 rings (SSSR count). The summed E-state index contributed by atoms with van der Waals surface area (Å²) in [5, 5.41) is 0. The van der Waals surface area contributed by atoms with Crippen LogP contribution in [0.1, 0.15) is 33.1 Å². The number of rotatable bonds is 2. The van der Waals surface area contributed by atoms with Gasteiger partial charge in [-0.2, -0.15) is 0 Å². The van der Waals surface area contributed by atoms with Crippen LogP contribution >= 0.6 is 0 Å². The van der Waals surface area contributed by atoms with Crippen molar-refractivity contribution in [2.75, 3.05) is 26.7 Å². The highest BCUT2D eigenvalue weighted by Gasteiger charge is 2.15. The Bertz CT molecular complexity index is 258. The maximum absolute atomic E-state index is 11.5. The predicted octanol–water partition coefficient (Wildman–Crippen LogP) is 1.98. The van der Waals surface area contributed by atoms with Gasteiger partial charge in [0, 0.05) is 12.1 Å². The Balaban J connectivity index is 2.66. The van der Waals surface area contributed by atoms with Crippen LogP contribution in [0.3, 0.4) is 0 Å². The molecular weight excluding hydrogens is 190 g/mol. The van der Waals surface area contributed by atoms with Crippen molar-refractivity contribution in [3.8, 4) is 0 Å². The molecule has 0 atom stereocenters. The van der Waals surface area contributed by atoms with Crippen LogP contribution in [0, 0.1) is 0 Å². The average molecular weight is 211 g/mol. The number of hydrogen-bond acceptors (Lipinski definition) is 3. The summed E-state index contributed by atoms with van der Waals surface area (Å²) in [5.41, 5.74) is 2.10. The molecule has 0 bridgehead atoms. The van der Waals surface area contributed by atoms with Crippen molar-refractivity contribution in [1.29, 1.82) is 0 Å². The first-order chi connectivity index (χ1) is 7.15. The number of likely N-dealkylation sites (tertiary alicyclic amines) is 1. The van der Waals surface area contributed by atoms with Crippen LogP contribution in [0.15, 0.2) is 11.1 Å². The second-order valence-electron chi connectivity index (χ2n) is 4.11. The summed E-state index contributed by atoms with van der Waals surface area (Å²) in [4.78, 5) is 13.9. The molecule has 3 heteroatoms. The molecule has 0 aromatic carbocycles. The standard InChI is InChI=1S/C12H21NO2/c1-4-15-12(14)10(2)11-6-5-8-13(3)9-7-11/h4-9H2,1-3H3/b11-10+. The summed E-state index contributed by atoms with van der Waals surface area (Å²) in [6.07, 6.45) is 3.18. The minimum Gasteiger partial charge on any atom is -0.463 e. The fourth-order valence-electron chi connectivity index (χ4n) is 1.88. The number of nitrogens with zero attached hydrogens (tertiary/aromatic N) is 1. The van der Waals surface area contributed by atoms with Gasteiger partial charge >= 0.3 is 5.97 Å². The summed E-state index contributed by atoms with van der Waals surface area (Å²) in [5.74, 6) is -0.142. The lowest BCUT2D eigenvalue weighted by molar-refractivity contribution is -0.138. The van der Waals surface area contributed by atoms with Crippen LogP contribution in [0.4, 0.5) is 0 Å². The van der Waals surface area contributed by atoms with Crippen molar-refractivity contribution < 1.29 is 9.53 Å². The van der Waals surface area contributed by atoms with E-state index in [0.717, 1.165) is 37.9 Å². The molecule has 0 aliphatic carbocycles. The zero-order chi connectivity index (χ0) is 11.3. The topological polar surface area (TPSA) is 29.5 Å². The van der Waals surface area contributed by atoms with Gasteiger partial charge in [-0.15, -0.1) is 0 Å². The number of carbonyl (C=O) groups excluding carboxylic acids is 1. The van der Waals surface area contributed by atoms with Crippen LogP contribution in [0.25, 0.3) is 0 Å². The molecular formula is C12H21NO2. The Kier molecular flexibility index (Phi) is 4.82. The van der Waals surface area contributed by atoms with E-state index in [-0.39, 0.29) is 5.97 Å². The molecule has 15 heavy (non-hydrogen) atoms. The summed E-state index contributed by atoms with van der Waals surface area (Å²) in [6, 6.07) is 0. The zero-order valence-corrected chi connectivity index (χ0v) is 10.0. The van der Waals surface area contributed by atoms with E-state index in [1.165, 1.54) is 5.57 Å². The molecule has 0 unspecified atom stereocenters. The van der Waals surface area contributed by atoms with Crippen molar-refractivity contribution in [2.24, 2.45) is 0 Å². The SMILES string of the molecule is CCOC(=O)/C(C)=C1\CCCN(C)CC1. The average Bonchev–Trinajstić information content (AvgIpc) is 2.42. The molecule has 0 amide bonds. The third-order valence-corrected chi connectivity index (χ3v) is 2.93. The van der Waals surface area contributed by atoms with E-state index < -0.39 is 0 Å². The highest BCUT2D eigenvalue weighted by atomic mass is 16.5. The number of carbonyl (C=O) groups is 1. The second-order valence-corrected chi connectivity index (χ2v) is 4.11. The quantitative estimate of drug-likeness (QED) is 0.516. The molecule has 0 spiro atoms. The number of hydrogen-bond donors (Lipinski definition) is 0. The summed E-state index contributed by atoms with van der Waals surface area (Å²) >= 11 is 0.